The number of hydrogen-bond donors (Lipinski definition) is 3. The molecule has 2 aromatic carbocycles. The van der Waals surface area contributed by atoms with E-state index in [1.165, 1.54) is 44.6 Å². The van der Waals surface area contributed by atoms with E-state index in [4.69, 9.17) is 8.92 Å². The fourth-order valence-corrected chi connectivity index (χ4v) is 4.61. The van der Waals surface area contributed by atoms with Gasteiger partial charge in [-0.1, -0.05) is 37.5 Å². The number of ether oxygens (including phenoxy) is 2. The lowest BCUT2D eigenvalue weighted by Crippen LogP contribution is -2.41. The van der Waals surface area contributed by atoms with Crippen molar-refractivity contribution in [2.24, 2.45) is 4.99 Å². The summed E-state index contributed by atoms with van der Waals surface area (Å²) in [4.78, 5) is 28.0. The van der Waals surface area contributed by atoms with Crippen LogP contribution in [0.4, 0.5) is 16.2 Å². The number of carbonyl (C=O) groups excluding carboxylic acids is 2. The topological polar surface area (TPSA) is 144 Å². The number of amides is 2. The van der Waals surface area contributed by atoms with Crippen LogP contribution in [0.15, 0.2) is 58.4 Å². The van der Waals surface area contributed by atoms with Crippen LogP contribution in [0.5, 0.6) is 5.75 Å². The van der Waals surface area contributed by atoms with Crippen molar-refractivity contribution in [2.75, 3.05) is 31.5 Å². The van der Waals surface area contributed by atoms with E-state index < -0.39 is 22.1 Å². The Morgan fingerprint density at radius 3 is 2.36 bits per heavy atom. The molecule has 1 aliphatic carbocycles. The second kappa shape index (κ2) is 12.9. The standard InChI is InChI=1S/C24H30N4O7S/c1-33-16-22(29)26-20-14-13-18(35-36(31,32)19-11-7-4-8-12-19)15-21(20)27-23(28-24(30)34-2)25-17-9-5-3-6-10-17/h4,7-8,11-15,17H,3,5-6,9-10,16H2,1-2H3,(H,26,29)(H2,25,27,28,30). The number of nitrogens with one attached hydrogen (secondary N) is 3. The van der Waals surface area contributed by atoms with Crippen LogP contribution in [-0.2, 0) is 24.4 Å². The molecule has 0 heterocycles. The van der Waals surface area contributed by atoms with E-state index in [0.717, 1.165) is 32.1 Å². The third kappa shape index (κ3) is 7.95. The molecule has 1 saturated carbocycles. The molecule has 0 aliphatic heterocycles. The SMILES string of the molecule is COCC(=O)Nc1ccc(OS(=O)(=O)c2ccccc2)cc1N/C(=N\C(=O)OC)NC1CCCCC1. The Morgan fingerprint density at radius 1 is 0.972 bits per heavy atom. The molecule has 0 spiro atoms. The maximum atomic E-state index is 12.7. The Labute approximate surface area is 210 Å². The summed E-state index contributed by atoms with van der Waals surface area (Å²) >= 11 is 0. The highest BCUT2D eigenvalue weighted by Gasteiger charge is 2.20. The molecule has 0 bridgehead atoms. The predicted molar refractivity (Wildman–Crippen MR) is 135 cm³/mol. The zero-order valence-electron chi connectivity index (χ0n) is 20.2. The summed E-state index contributed by atoms with van der Waals surface area (Å²) in [6.07, 6.45) is 4.20. The number of hydrogen-bond acceptors (Lipinski definition) is 7. The van der Waals surface area contributed by atoms with Crippen molar-refractivity contribution < 1.29 is 31.7 Å². The summed E-state index contributed by atoms with van der Waals surface area (Å²) in [5, 5.41) is 8.87. The van der Waals surface area contributed by atoms with Gasteiger partial charge in [-0.2, -0.15) is 8.42 Å². The Balaban J connectivity index is 1.93. The second-order valence-electron chi connectivity index (χ2n) is 8.07. The molecule has 3 N–H and O–H groups in total. The summed E-state index contributed by atoms with van der Waals surface area (Å²) in [6, 6.07) is 12.1. The Morgan fingerprint density at radius 2 is 1.69 bits per heavy atom. The molecule has 3 rings (SSSR count). The molecule has 12 heteroatoms. The Bertz CT molecular complexity index is 1180. The average Bonchev–Trinajstić information content (AvgIpc) is 2.86. The number of nitrogens with zero attached hydrogens (tertiary/aromatic N) is 1. The van der Waals surface area contributed by atoms with Crippen LogP contribution < -0.4 is 20.1 Å². The number of rotatable bonds is 8. The number of guanidine groups is 1. The van der Waals surface area contributed by atoms with Gasteiger partial charge in [-0.05, 0) is 37.1 Å². The van der Waals surface area contributed by atoms with E-state index >= 15 is 0 Å². The Kier molecular flexibility index (Phi) is 9.65. The highest BCUT2D eigenvalue weighted by atomic mass is 32.2. The highest BCUT2D eigenvalue weighted by molar-refractivity contribution is 7.87. The summed E-state index contributed by atoms with van der Waals surface area (Å²) in [5.41, 5.74) is 0.538. The Hall–Kier alpha value is -3.64. The first-order chi connectivity index (χ1) is 17.3. The van der Waals surface area contributed by atoms with Gasteiger partial charge < -0.3 is 29.6 Å². The molecular formula is C24H30N4O7S. The van der Waals surface area contributed by atoms with E-state index in [0.29, 0.717) is 5.69 Å². The number of anilines is 2. The lowest BCUT2D eigenvalue weighted by Gasteiger charge is -2.25. The van der Waals surface area contributed by atoms with Crippen LogP contribution in [0.3, 0.4) is 0 Å². The lowest BCUT2D eigenvalue weighted by atomic mass is 9.96. The molecule has 194 valence electrons. The van der Waals surface area contributed by atoms with Gasteiger partial charge in [0.2, 0.25) is 11.9 Å². The van der Waals surface area contributed by atoms with Gasteiger partial charge in [0, 0.05) is 19.2 Å². The zero-order chi connectivity index (χ0) is 26.0. The quantitative estimate of drug-likeness (QED) is 0.272. The largest absolute Gasteiger partial charge is 0.451 e. The van der Waals surface area contributed by atoms with Crippen LogP contribution in [-0.4, -0.2) is 53.2 Å². The first kappa shape index (κ1) is 27.0. The van der Waals surface area contributed by atoms with E-state index in [2.05, 4.69) is 25.7 Å². The predicted octanol–water partition coefficient (Wildman–Crippen LogP) is 3.50. The summed E-state index contributed by atoms with van der Waals surface area (Å²) in [6.45, 7) is -0.191. The third-order valence-corrected chi connectivity index (χ3v) is 6.62. The molecular weight excluding hydrogens is 488 g/mol. The fourth-order valence-electron chi connectivity index (χ4n) is 3.67. The van der Waals surface area contributed by atoms with Gasteiger partial charge in [0.05, 0.1) is 18.5 Å². The molecule has 11 nitrogen and oxygen atoms in total. The highest BCUT2D eigenvalue weighted by Crippen LogP contribution is 2.29. The monoisotopic (exact) mass is 518 g/mol. The van der Waals surface area contributed by atoms with Crippen molar-refractivity contribution in [1.29, 1.82) is 0 Å². The van der Waals surface area contributed by atoms with E-state index in [1.807, 2.05) is 0 Å². The van der Waals surface area contributed by atoms with Crippen molar-refractivity contribution in [2.45, 2.75) is 43.0 Å². The first-order valence-electron chi connectivity index (χ1n) is 11.4. The summed E-state index contributed by atoms with van der Waals surface area (Å²) < 4.78 is 40.3. The number of benzene rings is 2. The average molecular weight is 519 g/mol. The number of aliphatic imine (C=N–C) groups is 1. The second-order valence-corrected chi connectivity index (χ2v) is 9.62. The van der Waals surface area contributed by atoms with Gasteiger partial charge in [0.1, 0.15) is 17.3 Å². The van der Waals surface area contributed by atoms with Crippen molar-refractivity contribution >= 4 is 39.5 Å². The van der Waals surface area contributed by atoms with Gasteiger partial charge >= 0.3 is 16.2 Å². The minimum atomic E-state index is -4.10. The maximum absolute atomic E-state index is 12.7. The molecule has 0 atom stereocenters. The van der Waals surface area contributed by atoms with Gasteiger partial charge in [-0.15, -0.1) is 4.99 Å². The molecule has 2 aromatic rings. The van der Waals surface area contributed by atoms with Gasteiger partial charge in [0.25, 0.3) is 0 Å². The molecule has 2 amide bonds. The van der Waals surface area contributed by atoms with Gasteiger partial charge in [0.15, 0.2) is 0 Å². The number of methoxy groups -OCH3 is 2. The van der Waals surface area contributed by atoms with E-state index in [1.54, 1.807) is 18.2 Å². The van der Waals surface area contributed by atoms with Crippen LogP contribution in [0.2, 0.25) is 0 Å². The van der Waals surface area contributed by atoms with Gasteiger partial charge in [-0.25, -0.2) is 4.79 Å². The number of carbonyl (C=O) groups is 2. The molecule has 1 fully saturated rings. The normalized spacial score (nSPS) is 14.6. The van der Waals surface area contributed by atoms with Crippen molar-refractivity contribution in [3.63, 3.8) is 0 Å². The maximum Gasteiger partial charge on any atom is 0.436 e. The minimum absolute atomic E-state index is 0.0103. The molecule has 1 aliphatic rings. The lowest BCUT2D eigenvalue weighted by molar-refractivity contribution is -0.119. The molecule has 0 unspecified atom stereocenters. The molecule has 0 radical (unpaired) electrons. The third-order valence-electron chi connectivity index (χ3n) is 5.36. The van der Waals surface area contributed by atoms with Crippen molar-refractivity contribution in [3.8, 4) is 5.75 Å². The summed E-state index contributed by atoms with van der Waals surface area (Å²) in [7, 11) is -1.50. The van der Waals surface area contributed by atoms with Crippen LogP contribution in [0.1, 0.15) is 32.1 Å². The van der Waals surface area contributed by atoms with Crippen LogP contribution in [0, 0.1) is 0 Å². The van der Waals surface area contributed by atoms with E-state index in [9.17, 15) is 18.0 Å². The van der Waals surface area contributed by atoms with Gasteiger partial charge in [-0.3, -0.25) is 4.79 Å². The molecule has 0 saturated heterocycles. The smallest absolute Gasteiger partial charge is 0.436 e. The fraction of sp³-hybridized carbons (Fsp3) is 0.375. The minimum Gasteiger partial charge on any atom is -0.451 e. The van der Waals surface area contributed by atoms with Crippen LogP contribution in [0.25, 0.3) is 0 Å². The van der Waals surface area contributed by atoms with Crippen molar-refractivity contribution in [1.82, 2.24) is 5.32 Å². The molecule has 36 heavy (non-hydrogen) atoms. The van der Waals surface area contributed by atoms with Crippen LogP contribution >= 0.6 is 0 Å². The van der Waals surface area contributed by atoms with Crippen molar-refractivity contribution in [3.05, 3.63) is 48.5 Å². The zero-order valence-corrected chi connectivity index (χ0v) is 21.0. The summed E-state index contributed by atoms with van der Waals surface area (Å²) in [5.74, 6) is -0.349. The van der Waals surface area contributed by atoms with E-state index in [-0.39, 0.29) is 34.9 Å². The molecule has 0 aromatic heterocycles. The first-order valence-corrected chi connectivity index (χ1v) is 12.8.